The monoisotopic (exact) mass is 379 g/mol. The number of benzene rings is 2. The van der Waals surface area contributed by atoms with E-state index in [2.05, 4.69) is 24.0 Å². The van der Waals surface area contributed by atoms with Gasteiger partial charge in [-0.25, -0.2) is 4.98 Å². The zero-order valence-electron chi connectivity index (χ0n) is 15.7. The highest BCUT2D eigenvalue weighted by atomic mass is 32.1. The Morgan fingerprint density at radius 1 is 0.926 bits per heavy atom. The first kappa shape index (κ1) is 19.3. The van der Waals surface area contributed by atoms with Gasteiger partial charge in [0.1, 0.15) is 17.0 Å². The van der Waals surface area contributed by atoms with Crippen LogP contribution in [-0.4, -0.2) is 17.9 Å². The summed E-state index contributed by atoms with van der Waals surface area (Å²) in [6.45, 7) is 3.01. The molecule has 4 heteroatoms. The lowest BCUT2D eigenvalue weighted by molar-refractivity contribution is 0.112. The van der Waals surface area contributed by atoms with E-state index in [1.54, 1.807) is 11.3 Å². The van der Waals surface area contributed by atoms with E-state index in [0.717, 1.165) is 46.1 Å². The quantitative estimate of drug-likeness (QED) is 0.293. The van der Waals surface area contributed by atoms with E-state index in [-0.39, 0.29) is 0 Å². The molecule has 27 heavy (non-hydrogen) atoms. The molecule has 0 fully saturated rings. The summed E-state index contributed by atoms with van der Waals surface area (Å²) in [5.74, 6) is 0.920. The molecule has 0 spiro atoms. The molecular weight excluding hydrogens is 354 g/mol. The summed E-state index contributed by atoms with van der Waals surface area (Å²) >= 11 is 1.65. The van der Waals surface area contributed by atoms with E-state index < -0.39 is 0 Å². The van der Waals surface area contributed by atoms with Crippen LogP contribution in [0.4, 0.5) is 0 Å². The van der Waals surface area contributed by atoms with Crippen LogP contribution in [0.5, 0.6) is 5.75 Å². The molecule has 0 saturated carbocycles. The van der Waals surface area contributed by atoms with Crippen LogP contribution in [-0.2, 0) is 0 Å². The maximum atomic E-state index is 10.8. The second kappa shape index (κ2) is 10.0. The van der Waals surface area contributed by atoms with Crippen LogP contribution in [0, 0.1) is 0 Å². The van der Waals surface area contributed by atoms with Crippen molar-refractivity contribution in [2.75, 3.05) is 6.61 Å². The lowest BCUT2D eigenvalue weighted by atomic mass is 10.1. The Hall–Kier alpha value is -2.46. The topological polar surface area (TPSA) is 39.2 Å². The Bertz CT molecular complexity index is 838. The normalized spacial score (nSPS) is 10.7. The molecule has 140 valence electrons. The highest BCUT2D eigenvalue weighted by Crippen LogP contribution is 2.32. The molecule has 0 aliphatic heterocycles. The molecular formula is C23H25NO2S. The van der Waals surface area contributed by atoms with Crippen LogP contribution in [0.25, 0.3) is 21.0 Å². The maximum Gasteiger partial charge on any atom is 0.150 e. The van der Waals surface area contributed by atoms with Gasteiger partial charge in [0.25, 0.3) is 0 Å². The van der Waals surface area contributed by atoms with Crippen molar-refractivity contribution in [2.45, 2.75) is 39.0 Å². The van der Waals surface area contributed by atoms with E-state index >= 15 is 0 Å². The van der Waals surface area contributed by atoms with Crippen LogP contribution >= 0.6 is 11.3 Å². The molecule has 0 radical (unpaired) electrons. The van der Waals surface area contributed by atoms with E-state index in [1.165, 1.54) is 25.7 Å². The van der Waals surface area contributed by atoms with Crippen molar-refractivity contribution in [2.24, 2.45) is 0 Å². The summed E-state index contributed by atoms with van der Waals surface area (Å²) in [6.07, 6.45) is 8.98. The van der Waals surface area contributed by atoms with Gasteiger partial charge in [-0.05, 0) is 36.2 Å². The number of carbonyl (C=O) groups is 1. The van der Waals surface area contributed by atoms with Crippen LogP contribution in [0.15, 0.2) is 54.7 Å². The Morgan fingerprint density at radius 3 is 2.33 bits per heavy atom. The number of aromatic nitrogens is 1. The first-order valence-corrected chi connectivity index (χ1v) is 10.4. The number of carbonyl (C=O) groups excluding carboxylic acids is 1. The number of unbranched alkanes of at least 4 members (excludes halogenated alkanes) is 4. The highest BCUT2D eigenvalue weighted by Gasteiger charge is 2.07. The predicted octanol–water partition coefficient (Wildman–Crippen LogP) is 6.64. The molecule has 0 unspecified atom stereocenters. The zero-order chi connectivity index (χ0) is 18.9. The van der Waals surface area contributed by atoms with Crippen molar-refractivity contribution >= 4 is 17.6 Å². The second-order valence-corrected chi connectivity index (χ2v) is 7.59. The van der Waals surface area contributed by atoms with Crippen molar-refractivity contribution in [1.29, 1.82) is 0 Å². The fourth-order valence-electron chi connectivity index (χ4n) is 2.86. The van der Waals surface area contributed by atoms with E-state index in [9.17, 15) is 4.79 Å². The fraction of sp³-hybridized carbons (Fsp3) is 0.304. The van der Waals surface area contributed by atoms with E-state index in [4.69, 9.17) is 4.74 Å². The Morgan fingerprint density at radius 2 is 1.63 bits per heavy atom. The highest BCUT2D eigenvalue weighted by molar-refractivity contribution is 7.18. The number of rotatable bonds is 10. The van der Waals surface area contributed by atoms with Gasteiger partial charge in [0.05, 0.1) is 11.5 Å². The van der Waals surface area contributed by atoms with Gasteiger partial charge in [0.2, 0.25) is 0 Å². The molecule has 0 saturated heterocycles. The summed E-state index contributed by atoms with van der Waals surface area (Å²) in [6, 6.07) is 15.7. The van der Waals surface area contributed by atoms with Gasteiger partial charge in [-0.15, -0.1) is 11.3 Å². The van der Waals surface area contributed by atoms with Gasteiger partial charge in [-0.2, -0.15) is 0 Å². The molecule has 0 atom stereocenters. The third-order valence-electron chi connectivity index (χ3n) is 4.45. The SMILES string of the molecule is CCCCCCCOc1ccc(-c2cnc(-c3ccc(C=O)cc3)s2)cc1. The first-order valence-electron chi connectivity index (χ1n) is 9.55. The second-order valence-electron chi connectivity index (χ2n) is 6.56. The van der Waals surface area contributed by atoms with Crippen molar-refractivity contribution in [3.8, 4) is 26.8 Å². The number of nitrogens with zero attached hydrogens (tertiary/aromatic N) is 1. The minimum atomic E-state index is 0.677. The number of ether oxygens (including phenoxy) is 1. The van der Waals surface area contributed by atoms with Gasteiger partial charge in [-0.3, -0.25) is 4.79 Å². The molecule has 3 aromatic rings. The minimum absolute atomic E-state index is 0.677. The van der Waals surface area contributed by atoms with Gasteiger partial charge in [0, 0.05) is 17.3 Å². The van der Waals surface area contributed by atoms with Crippen molar-refractivity contribution in [1.82, 2.24) is 4.98 Å². The number of aldehydes is 1. The molecule has 1 heterocycles. The van der Waals surface area contributed by atoms with Gasteiger partial charge in [0.15, 0.2) is 0 Å². The number of hydrogen-bond acceptors (Lipinski definition) is 4. The Labute approximate surface area is 165 Å². The fourth-order valence-corrected chi connectivity index (χ4v) is 3.78. The van der Waals surface area contributed by atoms with E-state index in [1.807, 2.05) is 42.6 Å². The molecule has 2 aromatic carbocycles. The van der Waals surface area contributed by atoms with Crippen molar-refractivity contribution < 1.29 is 9.53 Å². The summed E-state index contributed by atoms with van der Waals surface area (Å²) in [5.41, 5.74) is 2.84. The summed E-state index contributed by atoms with van der Waals surface area (Å²) in [5, 5.41) is 0.954. The van der Waals surface area contributed by atoms with Gasteiger partial charge in [-0.1, -0.05) is 56.9 Å². The summed E-state index contributed by atoms with van der Waals surface area (Å²) < 4.78 is 5.83. The minimum Gasteiger partial charge on any atom is -0.494 e. The average Bonchev–Trinajstić information content (AvgIpc) is 3.21. The van der Waals surface area contributed by atoms with Crippen LogP contribution < -0.4 is 4.74 Å². The smallest absolute Gasteiger partial charge is 0.150 e. The van der Waals surface area contributed by atoms with Gasteiger partial charge < -0.3 is 4.74 Å². The van der Waals surface area contributed by atoms with Crippen molar-refractivity contribution in [3.63, 3.8) is 0 Å². The third kappa shape index (κ3) is 5.51. The number of hydrogen-bond donors (Lipinski definition) is 0. The molecule has 3 rings (SSSR count). The largest absolute Gasteiger partial charge is 0.494 e. The predicted molar refractivity (Wildman–Crippen MR) is 113 cm³/mol. The number of thiazole rings is 1. The molecule has 0 bridgehead atoms. The standard InChI is InChI=1S/C23H25NO2S/c1-2-3-4-5-6-15-26-21-13-11-19(12-14-21)22-16-24-23(27-22)20-9-7-18(17-25)8-10-20/h7-14,16-17H,2-6,15H2,1H3. The van der Waals surface area contributed by atoms with E-state index in [0.29, 0.717) is 5.56 Å². The maximum absolute atomic E-state index is 10.8. The summed E-state index contributed by atoms with van der Waals surface area (Å²) in [4.78, 5) is 16.4. The zero-order valence-corrected chi connectivity index (χ0v) is 16.5. The Kier molecular flexibility index (Phi) is 7.17. The average molecular weight is 380 g/mol. The lowest BCUT2D eigenvalue weighted by Gasteiger charge is -2.06. The molecule has 0 aliphatic rings. The van der Waals surface area contributed by atoms with Crippen molar-refractivity contribution in [3.05, 3.63) is 60.3 Å². The summed E-state index contributed by atoms with van der Waals surface area (Å²) in [7, 11) is 0. The van der Waals surface area contributed by atoms with Gasteiger partial charge >= 0.3 is 0 Å². The third-order valence-corrected chi connectivity index (χ3v) is 5.55. The molecule has 3 nitrogen and oxygen atoms in total. The van der Waals surface area contributed by atoms with Crippen LogP contribution in [0.1, 0.15) is 49.4 Å². The van der Waals surface area contributed by atoms with Crippen LogP contribution in [0.3, 0.4) is 0 Å². The Balaban J connectivity index is 1.57. The van der Waals surface area contributed by atoms with Crippen LogP contribution in [0.2, 0.25) is 0 Å². The molecule has 1 aromatic heterocycles. The lowest BCUT2D eigenvalue weighted by Crippen LogP contribution is -1.97. The molecule has 0 aliphatic carbocycles. The first-order chi connectivity index (χ1) is 13.3. The molecule has 0 amide bonds. The molecule has 0 N–H and O–H groups in total.